The molecular weight excluding hydrogens is 250 g/mol. The average Bonchev–Trinajstić information content (AvgIpc) is 2.42. The highest BCUT2D eigenvalue weighted by molar-refractivity contribution is 5.77. The van der Waals surface area contributed by atoms with Gasteiger partial charge in [-0.1, -0.05) is 13.0 Å². The fraction of sp³-hybridized carbons (Fsp3) is 0.417. The first-order valence-corrected chi connectivity index (χ1v) is 5.90. The van der Waals surface area contributed by atoms with E-state index in [-0.39, 0.29) is 24.0 Å². The zero-order valence-electron chi connectivity index (χ0n) is 10.9. The molecule has 2 N–H and O–H groups in total. The van der Waals surface area contributed by atoms with Crippen molar-refractivity contribution in [1.82, 2.24) is 10.6 Å². The molecule has 0 atom stereocenters. The maximum absolute atomic E-state index is 11.1. The van der Waals surface area contributed by atoms with E-state index in [2.05, 4.69) is 10.6 Å². The quantitative estimate of drug-likeness (QED) is 0.563. The van der Waals surface area contributed by atoms with Crippen molar-refractivity contribution in [2.75, 3.05) is 20.2 Å². The lowest BCUT2D eigenvalue weighted by Gasteiger charge is -2.08. The predicted molar refractivity (Wildman–Crippen MR) is 70.0 cm³/mol. The van der Waals surface area contributed by atoms with Crippen LogP contribution in [-0.2, 0) is 11.3 Å². The van der Waals surface area contributed by atoms with Crippen molar-refractivity contribution >= 4 is 11.6 Å². The lowest BCUT2D eigenvalue weighted by Crippen LogP contribution is -2.25. The Morgan fingerprint density at radius 3 is 2.79 bits per heavy atom. The van der Waals surface area contributed by atoms with E-state index >= 15 is 0 Å². The van der Waals surface area contributed by atoms with E-state index in [1.807, 2.05) is 6.92 Å². The van der Waals surface area contributed by atoms with Crippen LogP contribution in [0.25, 0.3) is 0 Å². The Morgan fingerprint density at radius 1 is 1.47 bits per heavy atom. The van der Waals surface area contributed by atoms with Gasteiger partial charge in [0.25, 0.3) is 5.91 Å². The summed E-state index contributed by atoms with van der Waals surface area (Å²) in [6, 6.07) is 4.68. The van der Waals surface area contributed by atoms with Gasteiger partial charge in [-0.2, -0.15) is 0 Å². The molecule has 1 amide bonds. The maximum atomic E-state index is 11.1. The monoisotopic (exact) mass is 267 g/mol. The number of nitrogens with one attached hydrogen (secondary N) is 2. The van der Waals surface area contributed by atoms with Gasteiger partial charge in [0.1, 0.15) is 0 Å². The second-order valence-electron chi connectivity index (χ2n) is 3.80. The lowest BCUT2D eigenvalue weighted by molar-refractivity contribution is -0.385. The molecule has 0 aromatic heterocycles. The normalized spacial score (nSPS) is 10.0. The molecule has 7 nitrogen and oxygen atoms in total. The zero-order chi connectivity index (χ0) is 14.3. The van der Waals surface area contributed by atoms with Gasteiger partial charge in [0.2, 0.25) is 0 Å². The van der Waals surface area contributed by atoms with Gasteiger partial charge >= 0.3 is 5.69 Å². The lowest BCUT2D eigenvalue weighted by atomic mass is 10.2. The van der Waals surface area contributed by atoms with Crippen molar-refractivity contribution in [3.63, 3.8) is 0 Å². The van der Waals surface area contributed by atoms with E-state index in [1.165, 1.54) is 19.2 Å². The van der Waals surface area contributed by atoms with Crippen LogP contribution in [0.3, 0.4) is 0 Å². The molecule has 7 heteroatoms. The van der Waals surface area contributed by atoms with Crippen LogP contribution in [0.2, 0.25) is 0 Å². The van der Waals surface area contributed by atoms with E-state index in [4.69, 9.17) is 4.74 Å². The molecule has 0 bridgehead atoms. The number of nitro groups is 1. The first-order chi connectivity index (χ1) is 9.08. The summed E-state index contributed by atoms with van der Waals surface area (Å²) < 4.78 is 5.14. The van der Waals surface area contributed by atoms with Gasteiger partial charge in [0.05, 0.1) is 4.92 Å². The summed E-state index contributed by atoms with van der Waals surface area (Å²) in [5.41, 5.74) is 0.653. The van der Waals surface area contributed by atoms with Crippen LogP contribution in [0.5, 0.6) is 5.75 Å². The van der Waals surface area contributed by atoms with Crippen LogP contribution in [0.4, 0.5) is 5.69 Å². The topological polar surface area (TPSA) is 93.5 Å². The third kappa shape index (κ3) is 4.55. The Bertz CT molecular complexity index is 462. The third-order valence-electron chi connectivity index (χ3n) is 2.44. The predicted octanol–water partition coefficient (Wildman–Crippen LogP) is 0.829. The van der Waals surface area contributed by atoms with Crippen molar-refractivity contribution in [3.05, 3.63) is 33.9 Å². The van der Waals surface area contributed by atoms with Crippen LogP contribution in [-0.4, -0.2) is 31.0 Å². The summed E-state index contributed by atoms with van der Waals surface area (Å²) in [6.07, 6.45) is 0. The Hall–Kier alpha value is -2.15. The van der Waals surface area contributed by atoms with E-state index in [9.17, 15) is 14.9 Å². The highest BCUT2D eigenvalue weighted by Crippen LogP contribution is 2.27. The molecule has 0 saturated carbocycles. The molecule has 0 unspecified atom stereocenters. The average molecular weight is 267 g/mol. The molecule has 0 aliphatic rings. The molecule has 19 heavy (non-hydrogen) atoms. The minimum absolute atomic E-state index is 0.0915. The van der Waals surface area contributed by atoms with Gasteiger partial charge < -0.3 is 15.4 Å². The SMILES string of the molecule is CCNCc1ccc(OCC(=O)NC)c([N+](=O)[O-])c1. The third-order valence-corrected chi connectivity index (χ3v) is 2.44. The van der Waals surface area contributed by atoms with Crippen LogP contribution in [0, 0.1) is 10.1 Å². The number of hydrogen-bond acceptors (Lipinski definition) is 5. The van der Waals surface area contributed by atoms with Crippen LogP contribution in [0.1, 0.15) is 12.5 Å². The fourth-order valence-electron chi connectivity index (χ4n) is 1.42. The van der Waals surface area contributed by atoms with E-state index in [1.54, 1.807) is 6.07 Å². The molecule has 0 heterocycles. The minimum Gasteiger partial charge on any atom is -0.477 e. The molecule has 104 valence electrons. The highest BCUT2D eigenvalue weighted by atomic mass is 16.6. The molecule has 1 aromatic rings. The van der Waals surface area contributed by atoms with Crippen molar-refractivity contribution in [1.29, 1.82) is 0 Å². The van der Waals surface area contributed by atoms with Crippen LogP contribution >= 0.6 is 0 Å². The number of rotatable bonds is 7. The Morgan fingerprint density at radius 2 is 2.21 bits per heavy atom. The first kappa shape index (κ1) is 14.9. The summed E-state index contributed by atoms with van der Waals surface area (Å²) in [4.78, 5) is 21.5. The van der Waals surface area contributed by atoms with Crippen molar-refractivity contribution in [2.45, 2.75) is 13.5 Å². The van der Waals surface area contributed by atoms with Gasteiger partial charge in [-0.25, -0.2) is 0 Å². The minimum atomic E-state index is -0.519. The van der Waals surface area contributed by atoms with E-state index < -0.39 is 4.92 Å². The second kappa shape index (κ2) is 7.32. The largest absolute Gasteiger partial charge is 0.477 e. The summed E-state index contributed by atoms with van der Waals surface area (Å²) >= 11 is 0. The Kier molecular flexibility index (Phi) is 5.74. The summed E-state index contributed by atoms with van der Waals surface area (Å²) in [5.74, 6) is -0.250. The number of amides is 1. The highest BCUT2D eigenvalue weighted by Gasteiger charge is 2.16. The number of carbonyl (C=O) groups is 1. The molecule has 1 rings (SSSR count). The summed E-state index contributed by atoms with van der Waals surface area (Å²) in [7, 11) is 1.47. The van der Waals surface area contributed by atoms with Gasteiger partial charge in [-0.05, 0) is 18.2 Å². The Balaban J connectivity index is 2.85. The molecule has 1 aromatic carbocycles. The number of nitro benzene ring substituents is 1. The van der Waals surface area contributed by atoms with Crippen LogP contribution in [0.15, 0.2) is 18.2 Å². The maximum Gasteiger partial charge on any atom is 0.311 e. The summed E-state index contributed by atoms with van der Waals surface area (Å²) in [6.45, 7) is 3.04. The standard InChI is InChI=1S/C12H17N3O4/c1-3-14-7-9-4-5-11(10(6-9)15(17)18)19-8-12(16)13-2/h4-6,14H,3,7-8H2,1-2H3,(H,13,16). The molecule has 0 aliphatic carbocycles. The molecular formula is C12H17N3O4. The van der Waals surface area contributed by atoms with Crippen molar-refractivity contribution in [2.24, 2.45) is 0 Å². The number of carbonyl (C=O) groups excluding carboxylic acids is 1. The van der Waals surface area contributed by atoms with Crippen molar-refractivity contribution < 1.29 is 14.5 Å². The first-order valence-electron chi connectivity index (χ1n) is 5.90. The molecule has 0 saturated heterocycles. The Labute approximate surface area is 111 Å². The molecule has 0 fully saturated rings. The number of likely N-dealkylation sites (N-methyl/N-ethyl adjacent to an activating group) is 1. The number of benzene rings is 1. The molecule has 0 radical (unpaired) electrons. The smallest absolute Gasteiger partial charge is 0.311 e. The number of hydrogen-bond donors (Lipinski definition) is 2. The van der Waals surface area contributed by atoms with E-state index in [0.717, 1.165) is 12.1 Å². The number of ether oxygens (including phenoxy) is 1. The van der Waals surface area contributed by atoms with E-state index in [0.29, 0.717) is 6.54 Å². The van der Waals surface area contributed by atoms with Crippen LogP contribution < -0.4 is 15.4 Å². The van der Waals surface area contributed by atoms with Crippen molar-refractivity contribution in [3.8, 4) is 5.75 Å². The summed E-state index contributed by atoms with van der Waals surface area (Å²) in [5, 5.41) is 16.4. The van der Waals surface area contributed by atoms with Gasteiger partial charge in [0.15, 0.2) is 12.4 Å². The molecule has 0 spiro atoms. The molecule has 0 aliphatic heterocycles. The zero-order valence-corrected chi connectivity index (χ0v) is 10.9. The second-order valence-corrected chi connectivity index (χ2v) is 3.80. The van der Waals surface area contributed by atoms with Gasteiger partial charge in [-0.15, -0.1) is 0 Å². The number of nitrogens with zero attached hydrogens (tertiary/aromatic N) is 1. The van der Waals surface area contributed by atoms with Gasteiger partial charge in [-0.3, -0.25) is 14.9 Å². The fourth-order valence-corrected chi connectivity index (χ4v) is 1.42. The van der Waals surface area contributed by atoms with Gasteiger partial charge in [0, 0.05) is 19.7 Å².